The molecule has 0 unspecified atom stereocenters. The number of benzene rings is 2. The van der Waals surface area contributed by atoms with Gasteiger partial charge in [-0.3, -0.25) is 0 Å². The van der Waals surface area contributed by atoms with Crippen molar-refractivity contribution < 1.29 is 4.74 Å². The van der Waals surface area contributed by atoms with Crippen LogP contribution in [-0.4, -0.2) is 6.61 Å². The second-order valence-electron chi connectivity index (χ2n) is 5.25. The molecule has 2 aromatic carbocycles. The van der Waals surface area contributed by atoms with Gasteiger partial charge in [-0.05, 0) is 48.2 Å². The van der Waals surface area contributed by atoms with Gasteiger partial charge in [-0.2, -0.15) is 0 Å². The summed E-state index contributed by atoms with van der Waals surface area (Å²) in [6.45, 7) is 5.98. The fourth-order valence-electron chi connectivity index (χ4n) is 2.10. The van der Waals surface area contributed by atoms with E-state index in [0.29, 0.717) is 0 Å². The van der Waals surface area contributed by atoms with Crippen molar-refractivity contribution in [1.29, 1.82) is 0 Å². The predicted molar refractivity (Wildman–Crippen MR) is 90.0 cm³/mol. The van der Waals surface area contributed by atoms with Crippen LogP contribution < -0.4 is 10.1 Å². The first-order chi connectivity index (χ1) is 10.3. The second-order valence-corrected chi connectivity index (χ2v) is 5.25. The highest BCUT2D eigenvalue weighted by Gasteiger charge is 1.97. The fraction of sp³-hybridized carbons (Fsp3) is 0.368. The van der Waals surface area contributed by atoms with Crippen molar-refractivity contribution in [3.63, 3.8) is 0 Å². The van der Waals surface area contributed by atoms with Gasteiger partial charge in [-0.15, -0.1) is 0 Å². The molecule has 0 aliphatic heterocycles. The Labute approximate surface area is 128 Å². The first kappa shape index (κ1) is 15.4. The van der Waals surface area contributed by atoms with Gasteiger partial charge in [0.25, 0.3) is 0 Å². The van der Waals surface area contributed by atoms with Gasteiger partial charge in [0.2, 0.25) is 0 Å². The van der Waals surface area contributed by atoms with Gasteiger partial charge < -0.3 is 10.1 Å². The molecule has 0 spiro atoms. The van der Waals surface area contributed by atoms with E-state index in [1.165, 1.54) is 17.5 Å². The van der Waals surface area contributed by atoms with E-state index >= 15 is 0 Å². The van der Waals surface area contributed by atoms with E-state index in [2.05, 4.69) is 55.6 Å². The SMILES string of the molecule is CCCCOc1ccc(CNc2ccc(CC)cc2)cc1. The van der Waals surface area contributed by atoms with E-state index in [-0.39, 0.29) is 0 Å². The highest BCUT2D eigenvalue weighted by Crippen LogP contribution is 2.15. The van der Waals surface area contributed by atoms with Crippen LogP contribution >= 0.6 is 0 Å². The third-order valence-corrected chi connectivity index (χ3v) is 3.55. The summed E-state index contributed by atoms with van der Waals surface area (Å²) in [6, 6.07) is 17.0. The molecular weight excluding hydrogens is 258 g/mol. The topological polar surface area (TPSA) is 21.3 Å². The van der Waals surface area contributed by atoms with Crippen LogP contribution in [-0.2, 0) is 13.0 Å². The van der Waals surface area contributed by atoms with Crippen molar-refractivity contribution in [1.82, 2.24) is 0 Å². The van der Waals surface area contributed by atoms with Gasteiger partial charge >= 0.3 is 0 Å². The zero-order valence-corrected chi connectivity index (χ0v) is 13.1. The lowest BCUT2D eigenvalue weighted by atomic mass is 10.1. The molecule has 0 radical (unpaired) electrons. The number of ether oxygens (including phenoxy) is 1. The summed E-state index contributed by atoms with van der Waals surface area (Å²) < 4.78 is 5.67. The zero-order chi connectivity index (χ0) is 14.9. The average Bonchev–Trinajstić information content (AvgIpc) is 2.55. The van der Waals surface area contributed by atoms with Crippen LogP contribution in [0, 0.1) is 0 Å². The molecule has 0 bridgehead atoms. The molecule has 1 N–H and O–H groups in total. The standard InChI is InChI=1S/C19H25NO/c1-3-5-14-21-19-12-8-17(9-13-19)15-20-18-10-6-16(4-2)7-11-18/h6-13,20H,3-5,14-15H2,1-2H3. The van der Waals surface area contributed by atoms with E-state index in [1.54, 1.807) is 0 Å². The molecule has 0 saturated heterocycles. The largest absolute Gasteiger partial charge is 0.494 e. The Kier molecular flexibility index (Phi) is 6.14. The van der Waals surface area contributed by atoms with Gasteiger partial charge in [0.1, 0.15) is 5.75 Å². The first-order valence-corrected chi connectivity index (χ1v) is 7.86. The quantitative estimate of drug-likeness (QED) is 0.685. The lowest BCUT2D eigenvalue weighted by Crippen LogP contribution is -2.00. The van der Waals surface area contributed by atoms with Gasteiger partial charge in [0.15, 0.2) is 0 Å². The van der Waals surface area contributed by atoms with Gasteiger partial charge in [-0.25, -0.2) is 0 Å². The minimum Gasteiger partial charge on any atom is -0.494 e. The highest BCUT2D eigenvalue weighted by atomic mass is 16.5. The summed E-state index contributed by atoms with van der Waals surface area (Å²) in [5, 5.41) is 3.44. The minimum absolute atomic E-state index is 0.803. The molecule has 112 valence electrons. The maximum Gasteiger partial charge on any atom is 0.119 e. The normalized spacial score (nSPS) is 10.4. The number of aryl methyl sites for hydroxylation is 1. The number of hydrogen-bond acceptors (Lipinski definition) is 2. The third kappa shape index (κ3) is 5.14. The first-order valence-electron chi connectivity index (χ1n) is 7.86. The van der Waals surface area contributed by atoms with Crippen LogP contribution in [0.2, 0.25) is 0 Å². The molecule has 0 saturated carbocycles. The van der Waals surface area contributed by atoms with E-state index < -0.39 is 0 Å². The number of hydrogen-bond donors (Lipinski definition) is 1. The maximum atomic E-state index is 5.67. The van der Waals surface area contributed by atoms with Gasteiger partial charge in [-0.1, -0.05) is 44.5 Å². The van der Waals surface area contributed by atoms with Crippen molar-refractivity contribution in [3.8, 4) is 5.75 Å². The lowest BCUT2D eigenvalue weighted by Gasteiger charge is -2.09. The summed E-state index contributed by atoms with van der Waals surface area (Å²) in [5.74, 6) is 0.958. The Balaban J connectivity index is 1.82. The van der Waals surface area contributed by atoms with Crippen LogP contribution in [0.4, 0.5) is 5.69 Å². The van der Waals surface area contributed by atoms with Crippen molar-refractivity contribution >= 4 is 5.69 Å². The van der Waals surface area contributed by atoms with Crippen LogP contribution in [0.1, 0.15) is 37.8 Å². The summed E-state index contributed by atoms with van der Waals surface area (Å²) in [4.78, 5) is 0. The molecule has 0 aliphatic rings. The smallest absolute Gasteiger partial charge is 0.119 e. The molecule has 2 nitrogen and oxygen atoms in total. The van der Waals surface area contributed by atoms with E-state index in [4.69, 9.17) is 4.74 Å². The molecule has 2 heteroatoms. The van der Waals surface area contributed by atoms with E-state index in [0.717, 1.165) is 37.4 Å². The molecule has 0 fully saturated rings. The fourth-order valence-corrected chi connectivity index (χ4v) is 2.10. The Morgan fingerprint density at radius 3 is 2.14 bits per heavy atom. The van der Waals surface area contributed by atoms with Crippen LogP contribution in [0.3, 0.4) is 0 Å². The molecule has 0 atom stereocenters. The van der Waals surface area contributed by atoms with Crippen molar-refractivity contribution in [2.75, 3.05) is 11.9 Å². The molecule has 2 rings (SSSR count). The minimum atomic E-state index is 0.803. The Morgan fingerprint density at radius 1 is 0.857 bits per heavy atom. The molecule has 21 heavy (non-hydrogen) atoms. The monoisotopic (exact) mass is 283 g/mol. The highest BCUT2D eigenvalue weighted by molar-refractivity contribution is 5.45. The van der Waals surface area contributed by atoms with Crippen LogP contribution in [0.25, 0.3) is 0 Å². The second kappa shape index (κ2) is 8.35. The zero-order valence-electron chi connectivity index (χ0n) is 13.1. The van der Waals surface area contributed by atoms with Crippen molar-refractivity contribution in [2.24, 2.45) is 0 Å². The molecule has 2 aromatic rings. The number of unbranched alkanes of at least 4 members (excludes halogenated alkanes) is 1. The van der Waals surface area contributed by atoms with E-state index in [1.807, 2.05) is 12.1 Å². The summed E-state index contributed by atoms with van der Waals surface area (Å²) in [6.07, 6.45) is 3.36. The number of anilines is 1. The molecular formula is C19H25NO. The molecule has 0 heterocycles. The predicted octanol–water partition coefficient (Wildman–Crippen LogP) is 5.04. The molecule has 0 amide bonds. The summed E-state index contributed by atoms with van der Waals surface area (Å²) >= 11 is 0. The third-order valence-electron chi connectivity index (χ3n) is 3.55. The lowest BCUT2D eigenvalue weighted by molar-refractivity contribution is 0.309. The summed E-state index contributed by atoms with van der Waals surface area (Å²) in [5.41, 5.74) is 3.79. The summed E-state index contributed by atoms with van der Waals surface area (Å²) in [7, 11) is 0. The molecule has 0 aromatic heterocycles. The van der Waals surface area contributed by atoms with E-state index in [9.17, 15) is 0 Å². The van der Waals surface area contributed by atoms with Crippen LogP contribution in [0.5, 0.6) is 5.75 Å². The maximum absolute atomic E-state index is 5.67. The van der Waals surface area contributed by atoms with Gasteiger partial charge in [0, 0.05) is 12.2 Å². The van der Waals surface area contributed by atoms with Crippen molar-refractivity contribution in [2.45, 2.75) is 39.7 Å². The number of rotatable bonds is 8. The van der Waals surface area contributed by atoms with Crippen molar-refractivity contribution in [3.05, 3.63) is 59.7 Å². The number of nitrogens with one attached hydrogen (secondary N) is 1. The van der Waals surface area contributed by atoms with Crippen LogP contribution in [0.15, 0.2) is 48.5 Å². The Morgan fingerprint density at radius 2 is 1.52 bits per heavy atom. The Bertz CT molecular complexity index is 516. The molecule has 0 aliphatic carbocycles. The average molecular weight is 283 g/mol. The Hall–Kier alpha value is -1.96. The van der Waals surface area contributed by atoms with Gasteiger partial charge in [0.05, 0.1) is 6.61 Å².